The summed E-state index contributed by atoms with van der Waals surface area (Å²) in [4.78, 5) is 31.7. The highest BCUT2D eigenvalue weighted by Crippen LogP contribution is 2.22. The highest BCUT2D eigenvalue weighted by molar-refractivity contribution is 5.93. The van der Waals surface area contributed by atoms with E-state index < -0.39 is 0 Å². The van der Waals surface area contributed by atoms with E-state index >= 15 is 0 Å². The number of nitrogens with zero attached hydrogens (tertiary/aromatic N) is 4. The van der Waals surface area contributed by atoms with Crippen molar-refractivity contribution in [1.29, 1.82) is 0 Å². The summed E-state index contributed by atoms with van der Waals surface area (Å²) in [5, 5.41) is 0. The molecule has 4 rings (SSSR count). The summed E-state index contributed by atoms with van der Waals surface area (Å²) < 4.78 is 8.40. The van der Waals surface area contributed by atoms with Crippen molar-refractivity contribution in [2.24, 2.45) is 7.05 Å². The molecule has 0 atom stereocenters. The number of methoxy groups -OCH3 is 1. The van der Waals surface area contributed by atoms with Crippen LogP contribution in [0.25, 0.3) is 16.9 Å². The van der Waals surface area contributed by atoms with Gasteiger partial charge >= 0.3 is 0 Å². The number of ether oxygens (including phenoxy) is 1. The van der Waals surface area contributed by atoms with E-state index in [0.717, 1.165) is 49.4 Å². The van der Waals surface area contributed by atoms with Crippen molar-refractivity contribution in [3.05, 3.63) is 52.7 Å². The zero-order valence-corrected chi connectivity index (χ0v) is 15.5. The van der Waals surface area contributed by atoms with Crippen LogP contribution in [0.15, 0.2) is 41.5 Å². The molecular formula is C20H22N4O3. The second-order valence-corrected chi connectivity index (χ2v) is 6.82. The van der Waals surface area contributed by atoms with Gasteiger partial charge in [-0.05, 0) is 43.5 Å². The molecule has 1 fully saturated rings. The first-order valence-corrected chi connectivity index (χ1v) is 9.11. The number of carbonyl (C=O) groups is 1. The van der Waals surface area contributed by atoms with Gasteiger partial charge in [-0.1, -0.05) is 0 Å². The third kappa shape index (κ3) is 3.09. The Hall–Kier alpha value is -3.09. The van der Waals surface area contributed by atoms with Crippen LogP contribution in [0.4, 0.5) is 0 Å². The minimum Gasteiger partial charge on any atom is -0.497 e. The molecule has 0 radical (unpaired) electrons. The summed E-state index contributed by atoms with van der Waals surface area (Å²) >= 11 is 0. The van der Waals surface area contributed by atoms with Crippen LogP contribution in [0.1, 0.15) is 29.8 Å². The van der Waals surface area contributed by atoms with E-state index in [1.807, 2.05) is 35.4 Å². The lowest BCUT2D eigenvalue weighted by atomic mass is 10.1. The normalized spacial score (nSPS) is 14.5. The predicted octanol–water partition coefficient (Wildman–Crippen LogP) is 2.33. The predicted molar refractivity (Wildman–Crippen MR) is 102 cm³/mol. The number of hydrogen-bond donors (Lipinski definition) is 0. The van der Waals surface area contributed by atoms with Gasteiger partial charge in [0.25, 0.3) is 11.5 Å². The van der Waals surface area contributed by atoms with Crippen LogP contribution in [-0.2, 0) is 7.05 Å². The van der Waals surface area contributed by atoms with Crippen LogP contribution in [0, 0.1) is 0 Å². The Morgan fingerprint density at radius 1 is 1.07 bits per heavy atom. The van der Waals surface area contributed by atoms with Crippen LogP contribution >= 0.6 is 0 Å². The highest BCUT2D eigenvalue weighted by atomic mass is 16.5. The average Bonchev–Trinajstić information content (AvgIpc) is 3.15. The molecule has 0 spiro atoms. The zero-order chi connectivity index (χ0) is 19.0. The minimum absolute atomic E-state index is 0.105. The lowest BCUT2D eigenvalue weighted by Gasteiger charge is -2.25. The smallest absolute Gasteiger partial charge is 0.294 e. The molecule has 3 aromatic rings. The molecular weight excluding hydrogens is 344 g/mol. The molecule has 0 aliphatic carbocycles. The summed E-state index contributed by atoms with van der Waals surface area (Å²) in [6.07, 6.45) is 6.67. The number of hydrogen-bond acceptors (Lipinski definition) is 4. The van der Waals surface area contributed by atoms with Crippen molar-refractivity contribution in [2.75, 3.05) is 20.2 Å². The third-order valence-corrected chi connectivity index (χ3v) is 5.10. The van der Waals surface area contributed by atoms with Crippen LogP contribution < -0.4 is 10.3 Å². The van der Waals surface area contributed by atoms with E-state index in [1.54, 1.807) is 29.3 Å². The maximum Gasteiger partial charge on any atom is 0.294 e. The monoisotopic (exact) mass is 366 g/mol. The van der Waals surface area contributed by atoms with Gasteiger partial charge in [-0.3, -0.25) is 14.0 Å². The van der Waals surface area contributed by atoms with Gasteiger partial charge in [0.15, 0.2) is 0 Å². The molecule has 1 aliphatic rings. The Morgan fingerprint density at radius 2 is 1.78 bits per heavy atom. The molecule has 1 saturated heterocycles. The van der Waals surface area contributed by atoms with Gasteiger partial charge in [-0.15, -0.1) is 0 Å². The Kier molecular flexibility index (Phi) is 4.43. The first-order valence-electron chi connectivity index (χ1n) is 9.11. The summed E-state index contributed by atoms with van der Waals surface area (Å²) in [6.45, 7) is 1.50. The van der Waals surface area contributed by atoms with Crippen molar-refractivity contribution in [1.82, 2.24) is 18.9 Å². The van der Waals surface area contributed by atoms with Crippen molar-refractivity contribution in [2.45, 2.75) is 19.3 Å². The van der Waals surface area contributed by atoms with E-state index in [-0.39, 0.29) is 17.1 Å². The molecule has 0 saturated carbocycles. The quantitative estimate of drug-likeness (QED) is 0.713. The number of likely N-dealkylation sites (tertiary alicyclic amines) is 1. The minimum atomic E-state index is -0.235. The van der Waals surface area contributed by atoms with Gasteiger partial charge in [-0.25, -0.2) is 4.98 Å². The number of imidazole rings is 1. The topological polar surface area (TPSA) is 68.8 Å². The fourth-order valence-corrected chi connectivity index (χ4v) is 3.52. The van der Waals surface area contributed by atoms with Crippen molar-refractivity contribution >= 4 is 11.6 Å². The molecule has 7 nitrogen and oxygen atoms in total. The second kappa shape index (κ2) is 6.90. The number of piperidine rings is 1. The van der Waals surface area contributed by atoms with Gasteiger partial charge in [0.05, 0.1) is 12.8 Å². The van der Waals surface area contributed by atoms with Crippen molar-refractivity contribution in [3.63, 3.8) is 0 Å². The summed E-state index contributed by atoms with van der Waals surface area (Å²) in [7, 11) is 3.33. The van der Waals surface area contributed by atoms with Crippen LogP contribution in [-0.4, -0.2) is 45.0 Å². The van der Waals surface area contributed by atoms with Crippen molar-refractivity contribution in [3.8, 4) is 17.0 Å². The van der Waals surface area contributed by atoms with Gasteiger partial charge in [0.1, 0.15) is 11.4 Å². The zero-order valence-electron chi connectivity index (χ0n) is 15.5. The maximum absolute atomic E-state index is 12.8. The lowest BCUT2D eigenvalue weighted by Crippen LogP contribution is -2.35. The summed E-state index contributed by atoms with van der Waals surface area (Å²) in [5.41, 5.74) is 1.97. The number of benzene rings is 1. The molecule has 1 aliphatic heterocycles. The number of fused-ring (bicyclic) bond motifs is 1. The van der Waals surface area contributed by atoms with Gasteiger partial charge < -0.3 is 14.2 Å². The van der Waals surface area contributed by atoms with E-state index in [9.17, 15) is 9.59 Å². The Morgan fingerprint density at radius 3 is 2.44 bits per heavy atom. The SMILES string of the molecule is COc1ccc(-c2cn3cc(C(=O)N4CCCCC4)nc3c(=O)n2C)cc1. The van der Waals surface area contributed by atoms with Gasteiger partial charge in [-0.2, -0.15) is 0 Å². The molecule has 7 heteroatoms. The molecule has 27 heavy (non-hydrogen) atoms. The Balaban J connectivity index is 1.76. The maximum atomic E-state index is 12.8. The molecule has 140 valence electrons. The molecule has 0 bridgehead atoms. The largest absolute Gasteiger partial charge is 0.497 e. The third-order valence-electron chi connectivity index (χ3n) is 5.10. The van der Waals surface area contributed by atoms with Crippen LogP contribution in [0.5, 0.6) is 5.75 Å². The standard InChI is InChI=1S/C20H22N4O3/c1-22-17(14-6-8-15(27-2)9-7-14)13-24-12-16(21-18(24)20(22)26)19(25)23-10-4-3-5-11-23/h6-9,12-13H,3-5,10-11H2,1-2H3. The molecule has 2 aromatic heterocycles. The molecule has 0 unspecified atom stereocenters. The lowest BCUT2D eigenvalue weighted by molar-refractivity contribution is 0.0719. The van der Waals surface area contributed by atoms with Crippen LogP contribution in [0.3, 0.4) is 0 Å². The fraction of sp³-hybridized carbons (Fsp3) is 0.350. The Bertz CT molecular complexity index is 1040. The fourth-order valence-electron chi connectivity index (χ4n) is 3.52. The summed E-state index contributed by atoms with van der Waals surface area (Å²) in [6, 6.07) is 7.50. The number of rotatable bonds is 3. The first-order chi connectivity index (χ1) is 13.1. The molecule has 1 aromatic carbocycles. The van der Waals surface area contributed by atoms with Gasteiger partial charge in [0, 0.05) is 38.1 Å². The van der Waals surface area contributed by atoms with E-state index in [4.69, 9.17) is 4.74 Å². The molecule has 1 amide bonds. The average molecular weight is 366 g/mol. The Labute approximate surface area is 156 Å². The second-order valence-electron chi connectivity index (χ2n) is 6.82. The number of aromatic nitrogens is 3. The number of carbonyl (C=O) groups excluding carboxylic acids is 1. The number of amides is 1. The van der Waals surface area contributed by atoms with E-state index in [1.165, 1.54) is 0 Å². The molecule has 3 heterocycles. The summed E-state index contributed by atoms with van der Waals surface area (Å²) in [5.74, 6) is 0.647. The van der Waals surface area contributed by atoms with E-state index in [2.05, 4.69) is 4.98 Å². The van der Waals surface area contributed by atoms with Crippen molar-refractivity contribution < 1.29 is 9.53 Å². The van der Waals surface area contributed by atoms with E-state index in [0.29, 0.717) is 5.69 Å². The van der Waals surface area contributed by atoms with Crippen LogP contribution in [0.2, 0.25) is 0 Å². The van der Waals surface area contributed by atoms with Gasteiger partial charge in [0.2, 0.25) is 5.65 Å². The highest BCUT2D eigenvalue weighted by Gasteiger charge is 2.22. The first kappa shape index (κ1) is 17.3. The molecule has 0 N–H and O–H groups in total.